The number of carbonyl (C=O) groups is 2. The predicted molar refractivity (Wildman–Crippen MR) is 126 cm³/mol. The molecule has 2 aromatic rings. The van der Waals surface area contributed by atoms with Crippen LogP contribution in [0.15, 0.2) is 36.4 Å². The molecular weight excluding hydrogens is 435 g/mol. The van der Waals surface area contributed by atoms with E-state index in [2.05, 4.69) is 5.32 Å². The van der Waals surface area contributed by atoms with Gasteiger partial charge in [-0.15, -0.1) is 0 Å². The van der Waals surface area contributed by atoms with Crippen molar-refractivity contribution >= 4 is 35.0 Å². The normalized spacial score (nSPS) is 12.3. The van der Waals surface area contributed by atoms with Crippen LogP contribution in [0.1, 0.15) is 44.4 Å². The Morgan fingerprint density at radius 2 is 1.77 bits per heavy atom. The first kappa shape index (κ1) is 25.0. The average Bonchev–Trinajstić information content (AvgIpc) is 2.66. The molecule has 0 spiro atoms. The summed E-state index contributed by atoms with van der Waals surface area (Å²) in [5, 5.41) is 3.86. The fourth-order valence-corrected chi connectivity index (χ4v) is 3.44. The molecule has 0 aliphatic rings. The summed E-state index contributed by atoms with van der Waals surface area (Å²) in [6.45, 7) is 11.2. The van der Waals surface area contributed by atoms with E-state index in [-0.39, 0.29) is 25.0 Å². The number of nitrogens with zero attached hydrogens (tertiary/aromatic N) is 1. The van der Waals surface area contributed by atoms with Gasteiger partial charge >= 0.3 is 0 Å². The van der Waals surface area contributed by atoms with Crippen LogP contribution in [0.2, 0.25) is 10.0 Å². The molecule has 2 aromatic carbocycles. The number of ether oxygens (including phenoxy) is 1. The molecule has 0 aliphatic carbocycles. The van der Waals surface area contributed by atoms with Crippen LogP contribution in [-0.4, -0.2) is 34.9 Å². The Labute approximate surface area is 194 Å². The zero-order valence-corrected chi connectivity index (χ0v) is 20.4. The van der Waals surface area contributed by atoms with Gasteiger partial charge in [-0.2, -0.15) is 0 Å². The molecule has 0 radical (unpaired) electrons. The zero-order chi connectivity index (χ0) is 23.3. The molecule has 7 heteroatoms. The number of hydrogen-bond donors (Lipinski definition) is 1. The van der Waals surface area contributed by atoms with E-state index in [9.17, 15) is 9.59 Å². The molecule has 0 bridgehead atoms. The number of hydrogen-bond acceptors (Lipinski definition) is 3. The van der Waals surface area contributed by atoms with Gasteiger partial charge in [0, 0.05) is 22.1 Å². The molecule has 2 amide bonds. The smallest absolute Gasteiger partial charge is 0.261 e. The molecule has 0 aliphatic heterocycles. The molecule has 0 aromatic heterocycles. The third kappa shape index (κ3) is 7.44. The maximum absolute atomic E-state index is 13.2. The molecule has 168 valence electrons. The number of aryl methyl sites for hydroxylation is 2. The van der Waals surface area contributed by atoms with Crippen LogP contribution in [-0.2, 0) is 16.1 Å². The number of benzene rings is 2. The van der Waals surface area contributed by atoms with Gasteiger partial charge < -0.3 is 15.0 Å². The zero-order valence-electron chi connectivity index (χ0n) is 18.9. The molecule has 1 atom stereocenters. The molecule has 0 saturated heterocycles. The van der Waals surface area contributed by atoms with Gasteiger partial charge in [0.15, 0.2) is 6.61 Å². The van der Waals surface area contributed by atoms with E-state index in [0.29, 0.717) is 21.4 Å². The van der Waals surface area contributed by atoms with Gasteiger partial charge in [0.25, 0.3) is 5.91 Å². The quantitative estimate of drug-likeness (QED) is 0.602. The third-order valence-corrected chi connectivity index (χ3v) is 5.30. The van der Waals surface area contributed by atoms with Crippen LogP contribution in [0.4, 0.5) is 0 Å². The van der Waals surface area contributed by atoms with Gasteiger partial charge in [0.1, 0.15) is 11.8 Å². The van der Waals surface area contributed by atoms with Crippen molar-refractivity contribution in [3.8, 4) is 5.75 Å². The van der Waals surface area contributed by atoms with E-state index in [1.54, 1.807) is 25.1 Å². The maximum Gasteiger partial charge on any atom is 0.261 e. The Morgan fingerprint density at radius 3 is 2.39 bits per heavy atom. The van der Waals surface area contributed by atoms with Gasteiger partial charge in [-0.05, 0) is 76.4 Å². The van der Waals surface area contributed by atoms with Crippen LogP contribution in [0.5, 0.6) is 5.75 Å². The van der Waals surface area contributed by atoms with Crippen molar-refractivity contribution in [1.29, 1.82) is 0 Å². The van der Waals surface area contributed by atoms with Crippen molar-refractivity contribution in [3.63, 3.8) is 0 Å². The molecule has 0 unspecified atom stereocenters. The van der Waals surface area contributed by atoms with Gasteiger partial charge in [0.2, 0.25) is 5.91 Å². The highest BCUT2D eigenvalue weighted by Crippen LogP contribution is 2.24. The molecule has 5 nitrogen and oxygen atoms in total. The highest BCUT2D eigenvalue weighted by molar-refractivity contribution is 6.35. The second kappa shape index (κ2) is 10.4. The highest BCUT2D eigenvalue weighted by atomic mass is 35.5. The Morgan fingerprint density at radius 1 is 1.10 bits per heavy atom. The van der Waals surface area contributed by atoms with Crippen molar-refractivity contribution in [2.45, 2.75) is 59.7 Å². The fourth-order valence-electron chi connectivity index (χ4n) is 2.98. The van der Waals surface area contributed by atoms with Gasteiger partial charge in [-0.1, -0.05) is 41.4 Å². The number of amides is 2. The molecule has 0 saturated carbocycles. The monoisotopic (exact) mass is 464 g/mol. The summed E-state index contributed by atoms with van der Waals surface area (Å²) in [5.41, 5.74) is 2.24. The molecule has 1 N–H and O–H groups in total. The van der Waals surface area contributed by atoms with Crippen molar-refractivity contribution in [1.82, 2.24) is 10.2 Å². The molecule has 0 fully saturated rings. The van der Waals surface area contributed by atoms with E-state index in [4.69, 9.17) is 27.9 Å². The lowest BCUT2D eigenvalue weighted by Gasteiger charge is -2.31. The minimum atomic E-state index is -0.722. The Balaban J connectivity index is 2.25. The Bertz CT molecular complexity index is 954. The third-order valence-electron chi connectivity index (χ3n) is 4.72. The van der Waals surface area contributed by atoms with Crippen LogP contribution < -0.4 is 10.1 Å². The lowest BCUT2D eigenvalue weighted by atomic mass is 10.1. The molecule has 31 heavy (non-hydrogen) atoms. The van der Waals surface area contributed by atoms with Crippen LogP contribution in [0, 0.1) is 13.8 Å². The summed E-state index contributed by atoms with van der Waals surface area (Å²) in [6.07, 6.45) is 0. The summed E-state index contributed by atoms with van der Waals surface area (Å²) >= 11 is 12.3. The number of rotatable bonds is 7. The van der Waals surface area contributed by atoms with Gasteiger partial charge in [0.05, 0.1) is 0 Å². The topological polar surface area (TPSA) is 58.6 Å². The first-order valence-corrected chi connectivity index (χ1v) is 10.9. The summed E-state index contributed by atoms with van der Waals surface area (Å²) < 4.78 is 5.80. The highest BCUT2D eigenvalue weighted by Gasteiger charge is 2.29. The van der Waals surface area contributed by atoms with Gasteiger partial charge in [-0.25, -0.2) is 0 Å². The Hall–Kier alpha value is -2.24. The standard InChI is InChI=1S/C24H30Cl2N2O3/c1-15-7-8-16(2)21(11-15)31-14-22(29)28(17(3)23(30)27-24(4,5)6)13-18-9-10-19(25)12-20(18)26/h7-12,17H,13-14H2,1-6H3,(H,27,30)/t17-/m0/s1. The first-order chi connectivity index (χ1) is 14.4. The summed E-state index contributed by atoms with van der Waals surface area (Å²) in [7, 11) is 0. The average molecular weight is 465 g/mol. The number of carbonyl (C=O) groups excluding carboxylic acids is 2. The lowest BCUT2D eigenvalue weighted by molar-refractivity contribution is -0.142. The van der Waals surface area contributed by atoms with E-state index in [1.807, 2.05) is 52.8 Å². The SMILES string of the molecule is Cc1ccc(C)c(OCC(=O)N(Cc2ccc(Cl)cc2Cl)[C@@H](C)C(=O)NC(C)(C)C)c1. The van der Waals surface area contributed by atoms with Crippen LogP contribution in [0.25, 0.3) is 0 Å². The largest absolute Gasteiger partial charge is 0.483 e. The van der Waals surface area contributed by atoms with Crippen LogP contribution >= 0.6 is 23.2 Å². The number of nitrogens with one attached hydrogen (secondary N) is 1. The Kier molecular flexibility index (Phi) is 8.38. The second-order valence-corrected chi connectivity index (χ2v) is 9.57. The van der Waals surface area contributed by atoms with Crippen molar-refractivity contribution in [2.75, 3.05) is 6.61 Å². The number of halogens is 2. The van der Waals surface area contributed by atoms with E-state index in [0.717, 1.165) is 11.1 Å². The summed E-state index contributed by atoms with van der Waals surface area (Å²) in [4.78, 5) is 27.4. The van der Waals surface area contributed by atoms with Gasteiger partial charge in [-0.3, -0.25) is 9.59 Å². The fraction of sp³-hybridized carbons (Fsp3) is 0.417. The maximum atomic E-state index is 13.2. The predicted octanol–water partition coefficient (Wildman–Crippen LogP) is 5.32. The van der Waals surface area contributed by atoms with E-state index < -0.39 is 11.6 Å². The minimum absolute atomic E-state index is 0.156. The molecule has 0 heterocycles. The molecule has 2 rings (SSSR count). The van der Waals surface area contributed by atoms with Crippen molar-refractivity contribution in [2.24, 2.45) is 0 Å². The summed E-state index contributed by atoms with van der Waals surface area (Å²) in [5.74, 6) is 0.0748. The van der Waals surface area contributed by atoms with E-state index in [1.165, 1.54) is 4.90 Å². The van der Waals surface area contributed by atoms with Crippen molar-refractivity contribution in [3.05, 3.63) is 63.1 Å². The van der Waals surface area contributed by atoms with E-state index >= 15 is 0 Å². The lowest BCUT2D eigenvalue weighted by Crippen LogP contribution is -2.53. The first-order valence-electron chi connectivity index (χ1n) is 10.1. The minimum Gasteiger partial charge on any atom is -0.483 e. The van der Waals surface area contributed by atoms with Crippen LogP contribution in [0.3, 0.4) is 0 Å². The second-order valence-electron chi connectivity index (χ2n) is 8.73. The van der Waals surface area contributed by atoms with Crippen molar-refractivity contribution < 1.29 is 14.3 Å². The summed E-state index contributed by atoms with van der Waals surface area (Å²) in [6, 6.07) is 10.2. The molecular formula is C24H30Cl2N2O3.